The first kappa shape index (κ1) is 19.5. The lowest BCUT2D eigenvalue weighted by atomic mass is 10.0. The lowest BCUT2D eigenvalue weighted by Crippen LogP contribution is -2.43. The summed E-state index contributed by atoms with van der Waals surface area (Å²) in [4.78, 5) is 24.8. The average molecular weight is 379 g/mol. The van der Waals surface area contributed by atoms with Gasteiger partial charge in [0.15, 0.2) is 0 Å². The first-order valence-corrected chi connectivity index (χ1v) is 9.35. The number of piperidine rings is 1. The summed E-state index contributed by atoms with van der Waals surface area (Å²) in [6.07, 6.45) is 2.04. The van der Waals surface area contributed by atoms with Gasteiger partial charge in [-0.05, 0) is 64.0 Å². The number of likely N-dealkylation sites (tertiary alicyclic amines) is 1. The Balaban J connectivity index is 1.82. The van der Waals surface area contributed by atoms with Crippen LogP contribution in [0, 0.1) is 5.82 Å². The molecule has 7 heteroatoms. The molecule has 1 atom stereocenters. The van der Waals surface area contributed by atoms with E-state index in [0.29, 0.717) is 25.1 Å². The summed E-state index contributed by atoms with van der Waals surface area (Å²) in [7, 11) is 0. The fraction of sp³-hybridized carbons (Fsp3) is 0.600. The Labute approximate surface area is 158 Å². The average Bonchev–Trinajstić information content (AvgIpc) is 3.38. The number of hydrogen-bond acceptors (Lipinski definition) is 4. The van der Waals surface area contributed by atoms with Gasteiger partial charge in [0.05, 0.1) is 12.1 Å². The Morgan fingerprint density at radius 1 is 1.22 bits per heavy atom. The Morgan fingerprint density at radius 2 is 1.93 bits per heavy atom. The summed E-state index contributed by atoms with van der Waals surface area (Å²) < 4.78 is 25.9. The Hall–Kier alpha value is -2.31. The van der Waals surface area contributed by atoms with Gasteiger partial charge in [-0.25, -0.2) is 14.0 Å². The third-order valence-corrected chi connectivity index (χ3v) is 4.68. The summed E-state index contributed by atoms with van der Waals surface area (Å²) in [6.45, 7) is 5.95. The van der Waals surface area contributed by atoms with Crippen LogP contribution in [0.1, 0.15) is 68.3 Å². The van der Waals surface area contributed by atoms with Crippen molar-refractivity contribution in [2.45, 2.75) is 64.1 Å². The van der Waals surface area contributed by atoms with E-state index < -0.39 is 23.5 Å². The Kier molecular flexibility index (Phi) is 5.31. The van der Waals surface area contributed by atoms with Crippen LogP contribution < -0.4 is 4.74 Å². The molecule has 27 heavy (non-hydrogen) atoms. The molecule has 0 radical (unpaired) electrons. The Morgan fingerprint density at radius 3 is 2.52 bits per heavy atom. The number of halogens is 1. The van der Waals surface area contributed by atoms with Crippen molar-refractivity contribution in [1.82, 2.24) is 4.90 Å². The number of ether oxygens (including phenoxy) is 2. The van der Waals surface area contributed by atoms with Gasteiger partial charge in [0, 0.05) is 12.6 Å². The number of amides is 1. The molecule has 0 unspecified atom stereocenters. The van der Waals surface area contributed by atoms with Crippen molar-refractivity contribution in [3.05, 3.63) is 29.1 Å². The van der Waals surface area contributed by atoms with Gasteiger partial charge in [0.25, 0.3) is 0 Å². The molecular formula is C20H26FNO5. The fourth-order valence-electron chi connectivity index (χ4n) is 3.26. The lowest BCUT2D eigenvalue weighted by molar-refractivity contribution is 0.00642. The van der Waals surface area contributed by atoms with E-state index in [0.717, 1.165) is 18.4 Å². The molecule has 1 aromatic carbocycles. The van der Waals surface area contributed by atoms with E-state index in [4.69, 9.17) is 14.6 Å². The molecule has 2 fully saturated rings. The molecule has 1 N–H and O–H groups in total. The zero-order valence-corrected chi connectivity index (χ0v) is 16.0. The standard InChI is InChI=1S/C20H26FNO5/c1-20(2,3)27-18(23)15-9-14(12-6-7-12)17(10-16(15)21)26-13-5-4-8-22(11-13)19(24)25/h9-10,12-13H,4-8,11H2,1-3H3,(H,24,25)/t13-/m1/s1. The van der Waals surface area contributed by atoms with Gasteiger partial charge in [-0.3, -0.25) is 0 Å². The van der Waals surface area contributed by atoms with Crippen LogP contribution in [-0.2, 0) is 4.74 Å². The predicted octanol–water partition coefficient (Wildman–Crippen LogP) is 4.18. The second-order valence-electron chi connectivity index (χ2n) is 8.26. The van der Waals surface area contributed by atoms with E-state index in [1.165, 1.54) is 17.0 Å². The van der Waals surface area contributed by atoms with Crippen LogP contribution >= 0.6 is 0 Å². The van der Waals surface area contributed by atoms with Crippen molar-refractivity contribution in [2.75, 3.05) is 13.1 Å². The maximum atomic E-state index is 14.6. The summed E-state index contributed by atoms with van der Waals surface area (Å²) in [5, 5.41) is 9.17. The quantitative estimate of drug-likeness (QED) is 0.794. The van der Waals surface area contributed by atoms with Crippen LogP contribution in [0.5, 0.6) is 5.75 Å². The predicted molar refractivity (Wildman–Crippen MR) is 96.8 cm³/mol. The van der Waals surface area contributed by atoms with E-state index in [-0.39, 0.29) is 24.1 Å². The van der Waals surface area contributed by atoms with Crippen molar-refractivity contribution in [3.63, 3.8) is 0 Å². The molecule has 148 valence electrons. The molecule has 3 rings (SSSR count). The molecule has 1 amide bonds. The molecule has 2 aliphatic rings. The highest BCUT2D eigenvalue weighted by atomic mass is 19.1. The van der Waals surface area contributed by atoms with Gasteiger partial charge in [-0.1, -0.05) is 0 Å². The van der Waals surface area contributed by atoms with Crippen molar-refractivity contribution in [1.29, 1.82) is 0 Å². The van der Waals surface area contributed by atoms with Gasteiger partial charge in [0.1, 0.15) is 23.3 Å². The second kappa shape index (κ2) is 7.37. The number of carbonyl (C=O) groups excluding carboxylic acids is 1. The smallest absolute Gasteiger partial charge is 0.407 e. The highest BCUT2D eigenvalue weighted by Crippen LogP contribution is 2.45. The monoisotopic (exact) mass is 379 g/mol. The third-order valence-electron chi connectivity index (χ3n) is 4.68. The highest BCUT2D eigenvalue weighted by Gasteiger charge is 2.32. The number of nitrogens with zero attached hydrogens (tertiary/aromatic N) is 1. The Bertz CT molecular complexity index is 739. The van der Waals surface area contributed by atoms with Crippen LogP contribution in [0.2, 0.25) is 0 Å². The molecule has 1 aliphatic heterocycles. The minimum absolute atomic E-state index is 0.0880. The van der Waals surface area contributed by atoms with Crippen molar-refractivity contribution in [3.8, 4) is 5.75 Å². The van der Waals surface area contributed by atoms with Crippen LogP contribution in [0.15, 0.2) is 12.1 Å². The number of benzene rings is 1. The van der Waals surface area contributed by atoms with E-state index in [2.05, 4.69) is 0 Å². The van der Waals surface area contributed by atoms with E-state index in [1.807, 2.05) is 0 Å². The van der Waals surface area contributed by atoms with Gasteiger partial charge in [0.2, 0.25) is 0 Å². The summed E-state index contributed by atoms with van der Waals surface area (Å²) in [5.41, 5.74) is 0.000533. The minimum Gasteiger partial charge on any atom is -0.488 e. The van der Waals surface area contributed by atoms with E-state index >= 15 is 0 Å². The van der Waals surface area contributed by atoms with Crippen LogP contribution in [0.25, 0.3) is 0 Å². The van der Waals surface area contributed by atoms with Gasteiger partial charge < -0.3 is 19.5 Å². The third kappa shape index (κ3) is 4.90. The minimum atomic E-state index is -0.975. The molecule has 1 heterocycles. The molecule has 1 saturated carbocycles. The van der Waals surface area contributed by atoms with Crippen LogP contribution in [0.4, 0.5) is 9.18 Å². The van der Waals surface area contributed by atoms with Gasteiger partial charge in [-0.15, -0.1) is 0 Å². The molecule has 0 bridgehead atoms. The lowest BCUT2D eigenvalue weighted by Gasteiger charge is -2.31. The zero-order chi connectivity index (χ0) is 19.8. The molecule has 1 aliphatic carbocycles. The SMILES string of the molecule is CC(C)(C)OC(=O)c1cc(C2CC2)c(O[C@@H]2CCCN(C(=O)O)C2)cc1F. The van der Waals surface area contributed by atoms with E-state index in [9.17, 15) is 14.0 Å². The second-order valence-corrected chi connectivity index (χ2v) is 8.26. The zero-order valence-electron chi connectivity index (χ0n) is 16.0. The number of esters is 1. The first-order valence-electron chi connectivity index (χ1n) is 9.35. The van der Waals surface area contributed by atoms with Crippen molar-refractivity contribution >= 4 is 12.1 Å². The summed E-state index contributed by atoms with van der Waals surface area (Å²) >= 11 is 0. The number of rotatable bonds is 4. The number of hydrogen-bond donors (Lipinski definition) is 1. The summed E-state index contributed by atoms with van der Waals surface area (Å²) in [6, 6.07) is 2.78. The van der Waals surface area contributed by atoms with Crippen molar-refractivity contribution in [2.24, 2.45) is 0 Å². The van der Waals surface area contributed by atoms with Crippen LogP contribution in [-0.4, -0.2) is 46.9 Å². The first-order chi connectivity index (χ1) is 12.6. The maximum Gasteiger partial charge on any atom is 0.407 e. The highest BCUT2D eigenvalue weighted by molar-refractivity contribution is 5.90. The van der Waals surface area contributed by atoms with Crippen molar-refractivity contribution < 1.29 is 28.6 Å². The van der Waals surface area contributed by atoms with Gasteiger partial charge >= 0.3 is 12.1 Å². The molecule has 1 aromatic rings. The van der Waals surface area contributed by atoms with Gasteiger partial charge in [-0.2, -0.15) is 0 Å². The topological polar surface area (TPSA) is 76.1 Å². The maximum absolute atomic E-state index is 14.6. The molecule has 1 saturated heterocycles. The summed E-state index contributed by atoms with van der Waals surface area (Å²) in [5.74, 6) is -0.738. The molecule has 0 aromatic heterocycles. The molecule has 6 nitrogen and oxygen atoms in total. The fourth-order valence-corrected chi connectivity index (χ4v) is 3.26. The van der Waals surface area contributed by atoms with E-state index in [1.54, 1.807) is 20.8 Å². The van der Waals surface area contributed by atoms with Crippen LogP contribution in [0.3, 0.4) is 0 Å². The molecular weight excluding hydrogens is 353 g/mol. The number of carboxylic acid groups (broad SMARTS) is 1. The largest absolute Gasteiger partial charge is 0.488 e. The molecule has 0 spiro atoms. The number of carbonyl (C=O) groups is 2. The normalized spacial score (nSPS) is 20.3.